The molecular weight excluding hydrogens is 380 g/mol. The summed E-state index contributed by atoms with van der Waals surface area (Å²) in [6.07, 6.45) is -0.173. The van der Waals surface area contributed by atoms with Crippen molar-refractivity contribution in [2.75, 3.05) is 7.11 Å². The Kier molecular flexibility index (Phi) is 5.33. The van der Waals surface area contributed by atoms with Crippen LogP contribution in [-0.4, -0.2) is 45.6 Å². The number of carbonyl (C=O) groups is 2. The average Bonchev–Trinajstić information content (AvgIpc) is 2.50. The Hall–Kier alpha value is -1.99. The molecule has 0 saturated carbocycles. The third kappa shape index (κ3) is 3.68. The van der Waals surface area contributed by atoms with Crippen LogP contribution in [0.25, 0.3) is 0 Å². The summed E-state index contributed by atoms with van der Waals surface area (Å²) in [5, 5.41) is 19.9. The van der Waals surface area contributed by atoms with E-state index in [1.54, 1.807) is 40.8 Å². The van der Waals surface area contributed by atoms with Crippen molar-refractivity contribution in [2.24, 2.45) is 0 Å². The monoisotopic (exact) mass is 393 g/mol. The van der Waals surface area contributed by atoms with Crippen molar-refractivity contribution in [3.8, 4) is 11.5 Å². The summed E-state index contributed by atoms with van der Waals surface area (Å²) in [6, 6.07) is 7.76. The molecular formula is C16H12ClGeO5. The first-order valence-corrected chi connectivity index (χ1v) is 7.94. The first-order valence-electron chi connectivity index (χ1n) is 6.51. The Morgan fingerprint density at radius 3 is 2.39 bits per heavy atom. The van der Waals surface area contributed by atoms with Gasteiger partial charge in [0.1, 0.15) is 0 Å². The number of phenols is 1. The maximum atomic E-state index is 12.3. The summed E-state index contributed by atoms with van der Waals surface area (Å²) in [5.41, 5.74) is 0.313. The van der Waals surface area contributed by atoms with Crippen LogP contribution in [0.3, 0.4) is 0 Å². The summed E-state index contributed by atoms with van der Waals surface area (Å²) < 4.78 is 5.44. The summed E-state index contributed by atoms with van der Waals surface area (Å²) >= 11 is 7.33. The van der Waals surface area contributed by atoms with Crippen LogP contribution in [0.5, 0.6) is 11.5 Å². The second kappa shape index (κ2) is 7.06. The topological polar surface area (TPSA) is 83.8 Å². The molecule has 0 fully saturated rings. The van der Waals surface area contributed by atoms with E-state index in [4.69, 9.17) is 16.3 Å². The average molecular weight is 392 g/mol. The fourth-order valence-electron chi connectivity index (χ4n) is 2.15. The number of rotatable bonds is 5. The molecule has 0 spiro atoms. The zero-order valence-electron chi connectivity index (χ0n) is 12.1. The van der Waals surface area contributed by atoms with Gasteiger partial charge >= 0.3 is 146 Å². The van der Waals surface area contributed by atoms with Gasteiger partial charge in [0.25, 0.3) is 0 Å². The minimum atomic E-state index is -1.30. The molecule has 0 amide bonds. The number of aromatic hydroxyl groups is 1. The van der Waals surface area contributed by atoms with E-state index in [9.17, 15) is 19.8 Å². The number of halogens is 1. The number of carbonyl (C=O) groups excluding carboxylic acids is 1. The summed E-state index contributed by atoms with van der Waals surface area (Å²) in [4.78, 5) is 23.8. The molecule has 3 radical (unpaired) electrons. The van der Waals surface area contributed by atoms with Crippen LogP contribution in [0.2, 0.25) is 5.02 Å². The van der Waals surface area contributed by atoms with Crippen molar-refractivity contribution >= 4 is 44.3 Å². The molecule has 0 aliphatic rings. The molecule has 2 aromatic rings. The third-order valence-electron chi connectivity index (χ3n) is 3.30. The number of methoxy groups -OCH3 is 1. The van der Waals surface area contributed by atoms with E-state index in [0.29, 0.717) is 20.7 Å². The van der Waals surface area contributed by atoms with Gasteiger partial charge in [-0.05, 0) is 0 Å². The zero-order valence-corrected chi connectivity index (χ0v) is 14.9. The summed E-state index contributed by atoms with van der Waals surface area (Å²) in [5.74, 6) is -1.65. The van der Waals surface area contributed by atoms with Crippen LogP contribution in [0.4, 0.5) is 0 Å². The van der Waals surface area contributed by atoms with Crippen LogP contribution in [0, 0.1) is 0 Å². The summed E-state index contributed by atoms with van der Waals surface area (Å²) in [7, 11) is 1.41. The molecule has 0 unspecified atom stereocenters. The van der Waals surface area contributed by atoms with E-state index in [-0.39, 0.29) is 23.3 Å². The molecule has 2 N–H and O–H groups in total. The standard InChI is InChI=1S/C16H12ClGeO5/c1-23-12-7-9(13(16(21)22)15(20)14(12)18)6-11(19)8-2-4-10(17)5-3-8/h2-5,7,20H,6H2,1H3,(H,21,22). The molecule has 0 aliphatic carbocycles. The van der Waals surface area contributed by atoms with E-state index in [2.05, 4.69) is 0 Å². The molecule has 0 atom stereocenters. The Bertz CT molecular complexity index is 771. The zero-order chi connectivity index (χ0) is 17.1. The van der Waals surface area contributed by atoms with Gasteiger partial charge in [0.2, 0.25) is 0 Å². The third-order valence-corrected chi connectivity index (χ3v) is 4.56. The molecule has 0 aromatic heterocycles. The van der Waals surface area contributed by atoms with Crippen LogP contribution in [0.1, 0.15) is 26.3 Å². The van der Waals surface area contributed by atoms with E-state index >= 15 is 0 Å². The molecule has 117 valence electrons. The van der Waals surface area contributed by atoms with Crippen molar-refractivity contribution in [3.63, 3.8) is 0 Å². The molecule has 5 nitrogen and oxygen atoms in total. The Balaban J connectivity index is 2.45. The van der Waals surface area contributed by atoms with Crippen molar-refractivity contribution in [1.82, 2.24) is 0 Å². The number of ketones is 1. The van der Waals surface area contributed by atoms with Crippen LogP contribution in [0.15, 0.2) is 30.3 Å². The minimum absolute atomic E-state index is 0.173. The van der Waals surface area contributed by atoms with Crippen LogP contribution >= 0.6 is 11.6 Å². The van der Waals surface area contributed by atoms with Gasteiger partial charge in [-0.25, -0.2) is 0 Å². The van der Waals surface area contributed by atoms with Gasteiger partial charge in [-0.1, -0.05) is 0 Å². The first kappa shape index (κ1) is 17.4. The Labute approximate surface area is 146 Å². The maximum absolute atomic E-state index is 12.3. The normalized spacial score (nSPS) is 10.4. The van der Waals surface area contributed by atoms with Gasteiger partial charge < -0.3 is 0 Å². The fraction of sp³-hybridized carbons (Fsp3) is 0.125. The van der Waals surface area contributed by atoms with Crippen molar-refractivity contribution in [2.45, 2.75) is 6.42 Å². The fourth-order valence-corrected chi connectivity index (χ4v) is 2.90. The number of aromatic carboxylic acids is 1. The van der Waals surface area contributed by atoms with E-state index in [1.165, 1.54) is 13.2 Å². The van der Waals surface area contributed by atoms with Crippen molar-refractivity contribution in [3.05, 3.63) is 52.0 Å². The van der Waals surface area contributed by atoms with Gasteiger partial charge in [-0.15, -0.1) is 0 Å². The molecule has 23 heavy (non-hydrogen) atoms. The molecule has 0 saturated heterocycles. The predicted molar refractivity (Wildman–Crippen MR) is 86.5 cm³/mol. The van der Waals surface area contributed by atoms with Crippen molar-refractivity contribution in [1.29, 1.82) is 0 Å². The number of hydrogen-bond acceptors (Lipinski definition) is 4. The van der Waals surface area contributed by atoms with Gasteiger partial charge in [-0.3, -0.25) is 0 Å². The molecule has 0 bridgehead atoms. The molecule has 7 heteroatoms. The second-order valence-corrected chi connectivity index (χ2v) is 6.23. The number of ether oxygens (including phenoxy) is 1. The number of Topliss-reactive ketones (excluding diaryl/α,β-unsaturated/α-hetero) is 1. The van der Waals surface area contributed by atoms with Crippen molar-refractivity contribution < 1.29 is 24.5 Å². The quantitative estimate of drug-likeness (QED) is 0.601. The van der Waals surface area contributed by atoms with E-state index in [1.807, 2.05) is 0 Å². The molecule has 2 aromatic carbocycles. The van der Waals surface area contributed by atoms with Crippen LogP contribution < -0.4 is 9.13 Å². The molecule has 0 heterocycles. The van der Waals surface area contributed by atoms with E-state index < -0.39 is 11.7 Å². The second-order valence-electron chi connectivity index (χ2n) is 4.75. The number of carboxylic acids is 1. The number of benzene rings is 2. The van der Waals surface area contributed by atoms with Gasteiger partial charge in [-0.2, -0.15) is 0 Å². The SMILES string of the molecule is COc1cc(CC(=O)c2ccc(Cl)cc2)c(C(=O)O)c(O)[c]1[Ge]. The van der Waals surface area contributed by atoms with Gasteiger partial charge in [0.15, 0.2) is 0 Å². The molecule has 0 aliphatic heterocycles. The Morgan fingerprint density at radius 1 is 1.26 bits per heavy atom. The first-order chi connectivity index (χ1) is 10.8. The molecule has 2 rings (SSSR count). The van der Waals surface area contributed by atoms with Gasteiger partial charge in [0, 0.05) is 0 Å². The number of carboxylic acid groups (broad SMARTS) is 1. The van der Waals surface area contributed by atoms with Gasteiger partial charge in [0.05, 0.1) is 0 Å². The predicted octanol–water partition coefficient (Wildman–Crippen LogP) is 1.97. The van der Waals surface area contributed by atoms with E-state index in [0.717, 1.165) is 0 Å². The summed E-state index contributed by atoms with van der Waals surface area (Å²) in [6.45, 7) is 0. The number of hydrogen-bond donors (Lipinski definition) is 2. The van der Waals surface area contributed by atoms with Crippen LogP contribution in [-0.2, 0) is 6.42 Å². The Morgan fingerprint density at radius 2 is 1.87 bits per heavy atom.